The molecule has 2 aromatic heterocycles. The number of nitrogens with zero attached hydrogens (tertiary/aromatic N) is 1. The van der Waals surface area contributed by atoms with Gasteiger partial charge in [-0.2, -0.15) is 0 Å². The summed E-state index contributed by atoms with van der Waals surface area (Å²) in [5.41, 5.74) is 12.0. The van der Waals surface area contributed by atoms with Crippen molar-refractivity contribution in [3.8, 4) is 39.1 Å². The lowest BCUT2D eigenvalue weighted by Crippen LogP contribution is -2.00. The van der Waals surface area contributed by atoms with Gasteiger partial charge in [0.25, 0.3) is 0 Å². The van der Waals surface area contributed by atoms with Crippen LogP contribution in [0.5, 0.6) is 0 Å². The summed E-state index contributed by atoms with van der Waals surface area (Å²) in [6, 6.07) is 62.3. The van der Waals surface area contributed by atoms with Gasteiger partial charge in [-0.05, 0) is 70.3 Å². The van der Waals surface area contributed by atoms with Crippen LogP contribution in [0.2, 0.25) is 0 Å². The Morgan fingerprint density at radius 2 is 1.15 bits per heavy atom. The maximum absolute atomic E-state index is 9.29. The van der Waals surface area contributed by atoms with Crippen molar-refractivity contribution >= 4 is 48.9 Å². The molecule has 7 aromatic carbocycles. The van der Waals surface area contributed by atoms with Gasteiger partial charge >= 0.3 is 0 Å². The van der Waals surface area contributed by atoms with E-state index >= 15 is 0 Å². The van der Waals surface area contributed by atoms with E-state index in [4.69, 9.17) is 0 Å². The van der Waals surface area contributed by atoms with Gasteiger partial charge in [0.2, 0.25) is 0 Å². The van der Waals surface area contributed by atoms with E-state index in [-0.39, 0.29) is 0 Å². The molecule has 0 radical (unpaired) electrons. The molecule has 9 aromatic rings. The highest BCUT2D eigenvalue weighted by molar-refractivity contribution is 7.21. The van der Waals surface area contributed by atoms with Gasteiger partial charge in [0.15, 0.2) is 0 Å². The number of nitrogens with one attached hydrogen (secondary N) is 1. The Morgan fingerprint density at radius 1 is 0.479 bits per heavy atom. The van der Waals surface area contributed by atoms with Crippen LogP contribution in [0, 0.1) is 5.41 Å². The molecule has 0 aliphatic carbocycles. The van der Waals surface area contributed by atoms with Crippen LogP contribution in [0.3, 0.4) is 0 Å². The van der Waals surface area contributed by atoms with Crippen LogP contribution < -0.4 is 0 Å². The molecule has 0 saturated carbocycles. The molecule has 2 nitrogen and oxygen atoms in total. The number of hydrogen-bond acceptors (Lipinski definition) is 2. The van der Waals surface area contributed by atoms with Crippen LogP contribution >= 0.6 is 11.3 Å². The highest BCUT2D eigenvalue weighted by atomic mass is 32.1. The van der Waals surface area contributed by atoms with Crippen LogP contribution in [0.4, 0.5) is 0 Å². The van der Waals surface area contributed by atoms with Crippen LogP contribution in [-0.2, 0) is 0 Å². The first-order chi connectivity index (χ1) is 23.7. The van der Waals surface area contributed by atoms with Crippen LogP contribution in [0.1, 0.15) is 10.4 Å². The van der Waals surface area contributed by atoms with E-state index in [2.05, 4.69) is 150 Å². The molecule has 0 aliphatic rings. The molecule has 0 atom stereocenters. The number of hydrogen-bond donors (Lipinski definition) is 1. The molecule has 0 aliphatic heterocycles. The van der Waals surface area contributed by atoms with Gasteiger partial charge in [-0.25, -0.2) is 0 Å². The lowest BCUT2D eigenvalue weighted by atomic mass is 9.93. The summed E-state index contributed by atoms with van der Waals surface area (Å²) in [6.45, 7) is 0. The predicted octanol–water partition coefficient (Wildman–Crippen LogP) is 12.4. The molecule has 48 heavy (non-hydrogen) atoms. The molecule has 0 amide bonds. The Balaban J connectivity index is 1.29. The van der Waals surface area contributed by atoms with E-state index in [0.717, 1.165) is 32.8 Å². The number of benzene rings is 7. The maximum atomic E-state index is 9.29. The molecular weight excluding hydrogens is 601 g/mol. The Bertz CT molecular complexity index is 2610. The first kappa shape index (κ1) is 28.2. The average Bonchev–Trinajstić information content (AvgIpc) is 3.72. The third kappa shape index (κ3) is 4.67. The van der Waals surface area contributed by atoms with Crippen molar-refractivity contribution in [2.24, 2.45) is 0 Å². The number of aromatic nitrogens is 1. The van der Waals surface area contributed by atoms with Crippen molar-refractivity contribution in [2.75, 3.05) is 0 Å². The monoisotopic (exact) mass is 630 g/mol. The van der Waals surface area contributed by atoms with Crippen LogP contribution in [0.15, 0.2) is 176 Å². The van der Waals surface area contributed by atoms with Gasteiger partial charge < -0.3 is 4.57 Å². The second-order valence-corrected chi connectivity index (χ2v) is 13.1. The highest BCUT2D eigenvalue weighted by Crippen LogP contribution is 2.44. The SMILES string of the molecule is N=C(c1ccccc1)c1sc2ccccc2c1-c1cccc(-c2cccc3c2c2cc(-c4ccccc4)ccc2n3-c2ccccc2)c1. The summed E-state index contributed by atoms with van der Waals surface area (Å²) < 4.78 is 3.58. The standard InChI is InChI=1S/C45H30N2S/c46-44(31-16-6-2-7-17-31)45-42(37-22-10-11-25-41(37)48-45)34-19-12-18-33(28-34)36-23-13-24-40-43(36)38-29-32(30-14-4-1-5-15-30)26-27-39(38)47(40)35-20-8-3-9-21-35/h1-29,46H. The lowest BCUT2D eigenvalue weighted by molar-refractivity contribution is 1.18. The largest absolute Gasteiger partial charge is 0.309 e. The summed E-state index contributed by atoms with van der Waals surface area (Å²) in [7, 11) is 0. The van der Waals surface area contributed by atoms with Gasteiger partial charge in [0, 0.05) is 37.7 Å². The highest BCUT2D eigenvalue weighted by Gasteiger charge is 2.21. The van der Waals surface area contributed by atoms with Gasteiger partial charge in [-0.1, -0.05) is 133 Å². The molecular formula is C45H30N2S. The van der Waals surface area contributed by atoms with Crippen molar-refractivity contribution < 1.29 is 0 Å². The smallest absolute Gasteiger partial charge is 0.0791 e. The van der Waals surface area contributed by atoms with Gasteiger partial charge in [-0.15, -0.1) is 11.3 Å². The number of para-hydroxylation sites is 1. The molecule has 0 saturated heterocycles. The molecule has 2 heterocycles. The topological polar surface area (TPSA) is 28.8 Å². The van der Waals surface area contributed by atoms with Crippen molar-refractivity contribution in [1.82, 2.24) is 4.57 Å². The van der Waals surface area contributed by atoms with Gasteiger partial charge in [0.05, 0.1) is 21.6 Å². The van der Waals surface area contributed by atoms with E-state index in [1.807, 2.05) is 30.3 Å². The third-order valence-corrected chi connectivity index (χ3v) is 10.4. The van der Waals surface area contributed by atoms with E-state index in [0.29, 0.717) is 5.71 Å². The first-order valence-electron chi connectivity index (χ1n) is 16.2. The van der Waals surface area contributed by atoms with Gasteiger partial charge in [-0.3, -0.25) is 5.41 Å². The molecule has 9 rings (SSSR count). The molecule has 0 unspecified atom stereocenters. The van der Waals surface area contributed by atoms with E-state index < -0.39 is 0 Å². The van der Waals surface area contributed by atoms with E-state index in [1.54, 1.807) is 11.3 Å². The first-order valence-corrected chi connectivity index (χ1v) is 17.0. The summed E-state index contributed by atoms with van der Waals surface area (Å²) >= 11 is 1.70. The third-order valence-electron chi connectivity index (χ3n) is 9.26. The second-order valence-electron chi connectivity index (χ2n) is 12.1. The molecule has 226 valence electrons. The van der Waals surface area contributed by atoms with E-state index in [1.165, 1.54) is 48.6 Å². The fourth-order valence-electron chi connectivity index (χ4n) is 7.06. The number of rotatable bonds is 6. The summed E-state index contributed by atoms with van der Waals surface area (Å²) in [5, 5.41) is 12.9. The molecule has 0 fully saturated rings. The maximum Gasteiger partial charge on any atom is 0.0791 e. The van der Waals surface area contributed by atoms with Gasteiger partial charge in [0.1, 0.15) is 0 Å². The Kier molecular flexibility index (Phi) is 6.84. The van der Waals surface area contributed by atoms with Crippen LogP contribution in [-0.4, -0.2) is 10.3 Å². The minimum atomic E-state index is 0.554. The van der Waals surface area contributed by atoms with E-state index in [9.17, 15) is 5.41 Å². The molecule has 1 N–H and O–H groups in total. The minimum Gasteiger partial charge on any atom is -0.309 e. The minimum absolute atomic E-state index is 0.554. The summed E-state index contributed by atoms with van der Waals surface area (Å²) in [5.74, 6) is 0. The summed E-state index contributed by atoms with van der Waals surface area (Å²) in [4.78, 5) is 0.992. The molecule has 3 heteroatoms. The Morgan fingerprint density at radius 3 is 1.96 bits per heavy atom. The lowest BCUT2D eigenvalue weighted by Gasteiger charge is -2.11. The van der Waals surface area contributed by atoms with Crippen molar-refractivity contribution in [1.29, 1.82) is 5.41 Å². The normalized spacial score (nSPS) is 11.4. The Labute approximate surface area is 283 Å². The predicted molar refractivity (Wildman–Crippen MR) is 205 cm³/mol. The zero-order valence-electron chi connectivity index (χ0n) is 26.1. The number of fused-ring (bicyclic) bond motifs is 4. The zero-order chi connectivity index (χ0) is 32.0. The second kappa shape index (κ2) is 11.6. The van der Waals surface area contributed by atoms with Crippen molar-refractivity contribution in [3.05, 3.63) is 186 Å². The van der Waals surface area contributed by atoms with Crippen molar-refractivity contribution in [3.63, 3.8) is 0 Å². The van der Waals surface area contributed by atoms with Crippen LogP contribution in [0.25, 0.3) is 71.0 Å². The van der Waals surface area contributed by atoms with Crippen molar-refractivity contribution in [2.45, 2.75) is 0 Å². The number of thiophene rings is 1. The molecule has 0 spiro atoms. The fourth-order valence-corrected chi connectivity index (χ4v) is 8.26. The Hall–Kier alpha value is -6.03. The average molecular weight is 631 g/mol. The summed E-state index contributed by atoms with van der Waals surface area (Å²) in [6.07, 6.45) is 0. The fraction of sp³-hybridized carbons (Fsp3) is 0. The molecule has 0 bridgehead atoms. The quantitative estimate of drug-likeness (QED) is 0.177. The zero-order valence-corrected chi connectivity index (χ0v) is 26.9.